The molecule has 0 unspecified atom stereocenters. The number of carbonyl (C=O) groups is 1. The molecule has 2 N–H and O–H groups in total. The molecule has 2 saturated heterocycles. The van der Waals surface area contributed by atoms with E-state index in [1.165, 1.54) is 12.1 Å². The highest BCUT2D eigenvalue weighted by molar-refractivity contribution is 7.86. The van der Waals surface area contributed by atoms with Crippen molar-refractivity contribution in [3.63, 3.8) is 0 Å². The number of nitrogens with zero attached hydrogens (tertiary/aromatic N) is 7. The molecule has 12 nitrogen and oxygen atoms in total. The Morgan fingerprint density at radius 2 is 1.61 bits per heavy atom. The van der Waals surface area contributed by atoms with E-state index in [4.69, 9.17) is 11.4 Å². The summed E-state index contributed by atoms with van der Waals surface area (Å²) in [6.45, 7) is 6.89. The first kappa shape index (κ1) is 29.5. The van der Waals surface area contributed by atoms with Crippen molar-refractivity contribution in [3.05, 3.63) is 66.0 Å². The molecule has 6 rings (SSSR count). The Morgan fingerprint density at radius 1 is 0.932 bits per heavy atom. The molecule has 2 aliphatic heterocycles. The van der Waals surface area contributed by atoms with E-state index in [1.807, 2.05) is 29.2 Å². The largest absolute Gasteiger partial charge is 0.340 e. The van der Waals surface area contributed by atoms with Crippen LogP contribution in [-0.4, -0.2) is 108 Å². The van der Waals surface area contributed by atoms with Gasteiger partial charge in [-0.2, -0.15) is 18.4 Å². The van der Waals surface area contributed by atoms with E-state index >= 15 is 0 Å². The van der Waals surface area contributed by atoms with E-state index in [9.17, 15) is 17.1 Å². The van der Waals surface area contributed by atoms with Crippen molar-refractivity contribution >= 4 is 44.7 Å². The third-order valence-corrected chi connectivity index (χ3v) is 8.74. The molecule has 44 heavy (non-hydrogen) atoms. The Morgan fingerprint density at radius 3 is 2.27 bits per heavy atom. The van der Waals surface area contributed by atoms with Crippen LogP contribution in [0.4, 0.5) is 21.3 Å². The third-order valence-electron chi connectivity index (χ3n) is 7.91. The average Bonchev–Trinajstić information content (AvgIpc) is 3.51. The molecule has 0 atom stereocenters. The van der Waals surface area contributed by atoms with Crippen molar-refractivity contribution in [3.8, 4) is 12.3 Å². The van der Waals surface area contributed by atoms with E-state index in [0.717, 1.165) is 37.4 Å². The van der Waals surface area contributed by atoms with Crippen molar-refractivity contribution in [2.24, 2.45) is 0 Å². The van der Waals surface area contributed by atoms with Gasteiger partial charge >= 0.3 is 10.2 Å². The van der Waals surface area contributed by atoms with E-state index in [-0.39, 0.29) is 10.8 Å². The number of terminal acetylenes is 1. The summed E-state index contributed by atoms with van der Waals surface area (Å²) >= 11 is 0. The van der Waals surface area contributed by atoms with Gasteiger partial charge in [-0.1, -0.05) is 18.1 Å². The molecular weight excluding hydrogens is 585 g/mol. The number of benzene rings is 2. The summed E-state index contributed by atoms with van der Waals surface area (Å²) in [7, 11) is -4.71. The topological polar surface area (TPSA) is 131 Å². The lowest BCUT2D eigenvalue weighted by Crippen LogP contribution is -2.48. The number of rotatable bonds is 8. The van der Waals surface area contributed by atoms with E-state index in [0.29, 0.717) is 67.8 Å². The Bertz CT molecular complexity index is 1770. The Hall–Kier alpha value is -4.58. The zero-order valence-corrected chi connectivity index (χ0v) is 24.8. The number of aromatic amines is 1. The highest BCUT2D eigenvalue weighted by atomic mass is 32.3. The van der Waals surface area contributed by atoms with Crippen LogP contribution in [0.1, 0.15) is 15.9 Å². The number of aromatic nitrogens is 4. The molecule has 0 radical (unpaired) electrons. The van der Waals surface area contributed by atoms with Crippen LogP contribution in [0, 0.1) is 12.3 Å². The van der Waals surface area contributed by atoms with Gasteiger partial charge in [0.25, 0.3) is 5.91 Å². The first-order valence-electron chi connectivity index (χ1n) is 14.3. The number of hydrogen-bond donors (Lipinski definition) is 2. The fourth-order valence-electron chi connectivity index (χ4n) is 5.43. The molecule has 2 fully saturated rings. The normalized spacial score (nSPS) is 16.6. The van der Waals surface area contributed by atoms with Crippen molar-refractivity contribution < 1.29 is 17.1 Å². The first-order valence-corrected chi connectivity index (χ1v) is 15.7. The van der Waals surface area contributed by atoms with Gasteiger partial charge in [0.15, 0.2) is 11.5 Å². The van der Waals surface area contributed by atoms with Crippen LogP contribution in [0.3, 0.4) is 0 Å². The Balaban J connectivity index is 1.09. The van der Waals surface area contributed by atoms with Gasteiger partial charge in [0.1, 0.15) is 5.52 Å². The number of halogens is 1. The lowest BCUT2D eigenvalue weighted by Gasteiger charge is -2.34. The molecule has 0 saturated carbocycles. The molecule has 228 valence electrons. The van der Waals surface area contributed by atoms with Crippen molar-refractivity contribution in [2.45, 2.75) is 11.4 Å². The Kier molecular flexibility index (Phi) is 8.42. The maximum absolute atomic E-state index is 13.2. The van der Waals surface area contributed by atoms with Crippen LogP contribution in [-0.2, 0) is 16.8 Å². The standard InChI is InChI=1S/C30H32FN9O3S/c1-2-11-37-12-16-39(17-13-37)29(41)23-5-7-24(8-6-23)34-28-26-27(33-21-32-26)35-30(36-28)40-18-14-38(15-19-40)20-22-3-9-25(10-4-22)44(31,42)43/h1,3-10,21H,11-20H2,(H2,32,33,34,35,36). The third kappa shape index (κ3) is 6.65. The predicted octanol–water partition coefficient (Wildman–Crippen LogP) is 2.47. The summed E-state index contributed by atoms with van der Waals surface area (Å²) < 4.78 is 35.4. The van der Waals surface area contributed by atoms with Gasteiger partial charge in [-0.25, -0.2) is 4.98 Å². The molecule has 2 aliphatic rings. The molecule has 2 aromatic heterocycles. The summed E-state index contributed by atoms with van der Waals surface area (Å²) in [6, 6.07) is 13.2. The number of imidazole rings is 1. The molecule has 1 amide bonds. The summed E-state index contributed by atoms with van der Waals surface area (Å²) in [6.07, 6.45) is 6.99. The smallest absolute Gasteiger partial charge is 0.332 e. The van der Waals surface area contributed by atoms with Gasteiger partial charge in [-0.05, 0) is 42.0 Å². The summed E-state index contributed by atoms with van der Waals surface area (Å²) in [5, 5.41) is 3.36. The molecule has 0 spiro atoms. The second kappa shape index (κ2) is 12.6. The summed E-state index contributed by atoms with van der Waals surface area (Å²) in [5.41, 5.74) is 3.52. The van der Waals surface area contributed by atoms with E-state index in [1.54, 1.807) is 18.5 Å². The Labute approximate surface area is 255 Å². The SMILES string of the molecule is C#CCN1CCN(C(=O)c2ccc(Nc3nc(N4CCN(Cc5ccc(S(=O)(=O)F)cc5)CC4)nc4nc[nH]c34)cc2)CC1. The number of fused-ring (bicyclic) bond motifs is 1. The summed E-state index contributed by atoms with van der Waals surface area (Å²) in [5.74, 6) is 3.79. The molecule has 0 aliphatic carbocycles. The second-order valence-corrected chi connectivity index (χ2v) is 12.1. The van der Waals surface area contributed by atoms with Gasteiger partial charge in [-0.15, -0.1) is 10.3 Å². The minimum Gasteiger partial charge on any atom is -0.340 e. The summed E-state index contributed by atoms with van der Waals surface area (Å²) in [4.78, 5) is 38.0. The number of piperazine rings is 2. The second-order valence-electron chi connectivity index (χ2n) is 10.8. The molecule has 4 aromatic rings. The van der Waals surface area contributed by atoms with Crippen molar-refractivity contribution in [1.82, 2.24) is 34.6 Å². The number of hydrogen-bond acceptors (Lipinski definition) is 10. The number of H-pyrrole nitrogens is 1. The number of anilines is 3. The molecule has 2 aromatic carbocycles. The quantitative estimate of drug-likeness (QED) is 0.225. The van der Waals surface area contributed by atoms with Crippen LogP contribution in [0.5, 0.6) is 0 Å². The minimum absolute atomic E-state index is 0.000972. The monoisotopic (exact) mass is 617 g/mol. The molecule has 14 heteroatoms. The lowest BCUT2D eigenvalue weighted by atomic mass is 10.1. The van der Waals surface area contributed by atoms with Crippen molar-refractivity contribution in [1.29, 1.82) is 0 Å². The number of nitrogens with one attached hydrogen (secondary N) is 2. The van der Waals surface area contributed by atoms with Crippen molar-refractivity contribution in [2.75, 3.05) is 69.1 Å². The zero-order chi connectivity index (χ0) is 30.7. The fraction of sp³-hybridized carbons (Fsp3) is 0.333. The number of amides is 1. The lowest BCUT2D eigenvalue weighted by molar-refractivity contribution is 0.0652. The minimum atomic E-state index is -4.71. The van der Waals surface area contributed by atoms with Crippen LogP contribution < -0.4 is 10.2 Å². The maximum Gasteiger partial charge on any atom is 0.332 e. The average molecular weight is 618 g/mol. The van der Waals surface area contributed by atoms with Gasteiger partial charge in [-0.3, -0.25) is 14.6 Å². The maximum atomic E-state index is 13.2. The molecule has 0 bridgehead atoms. The van der Waals surface area contributed by atoms with Crippen LogP contribution in [0.15, 0.2) is 59.8 Å². The van der Waals surface area contributed by atoms with E-state index < -0.39 is 10.2 Å². The zero-order valence-electron chi connectivity index (χ0n) is 24.0. The first-order chi connectivity index (χ1) is 21.3. The van der Waals surface area contributed by atoms with Gasteiger partial charge in [0, 0.05) is 70.2 Å². The van der Waals surface area contributed by atoms with Gasteiger partial charge in [0.2, 0.25) is 5.95 Å². The van der Waals surface area contributed by atoms with Crippen LogP contribution >= 0.6 is 0 Å². The fourth-order valence-corrected chi connectivity index (χ4v) is 5.89. The molecular formula is C30H32FN9O3S. The van der Waals surface area contributed by atoms with Gasteiger partial charge < -0.3 is 20.1 Å². The predicted molar refractivity (Wildman–Crippen MR) is 165 cm³/mol. The number of carbonyl (C=O) groups excluding carboxylic acids is 1. The van der Waals surface area contributed by atoms with Gasteiger partial charge in [0.05, 0.1) is 17.8 Å². The van der Waals surface area contributed by atoms with E-state index in [2.05, 4.69) is 40.9 Å². The highest BCUT2D eigenvalue weighted by Crippen LogP contribution is 2.26. The van der Waals surface area contributed by atoms with Crippen LogP contribution in [0.2, 0.25) is 0 Å². The van der Waals surface area contributed by atoms with Crippen LogP contribution in [0.25, 0.3) is 11.2 Å². The molecule has 4 heterocycles. The highest BCUT2D eigenvalue weighted by Gasteiger charge is 2.23.